The van der Waals surface area contributed by atoms with Crippen molar-refractivity contribution in [2.24, 2.45) is 5.92 Å². The van der Waals surface area contributed by atoms with E-state index in [2.05, 4.69) is 35.1 Å². The zero-order valence-corrected chi connectivity index (χ0v) is 10.7. The fourth-order valence-electron chi connectivity index (χ4n) is 1.03. The number of hydrogen-bond acceptors (Lipinski definition) is 2. The molecular weight excluding hydrogens is 262 g/mol. The molecule has 4 heteroatoms. The second-order valence-corrected chi connectivity index (χ2v) is 5.05. The zero-order valence-electron chi connectivity index (χ0n) is 8.29. The summed E-state index contributed by atoms with van der Waals surface area (Å²) in [5.74, 6) is 0.469. The number of halogens is 1. The van der Waals surface area contributed by atoms with Crippen LogP contribution in [0, 0.1) is 5.92 Å². The van der Waals surface area contributed by atoms with Crippen LogP contribution in [0.25, 0.3) is 0 Å². The third kappa shape index (κ3) is 3.10. The van der Waals surface area contributed by atoms with E-state index in [-0.39, 0.29) is 11.9 Å². The molecule has 0 bridgehead atoms. The molecule has 0 spiro atoms. The first kappa shape index (κ1) is 11.7. The maximum absolute atomic E-state index is 11.7. The lowest BCUT2D eigenvalue weighted by Crippen LogP contribution is -2.39. The van der Waals surface area contributed by atoms with Crippen LogP contribution in [0.2, 0.25) is 0 Å². The maximum Gasteiger partial charge on any atom is 0.261 e. The van der Waals surface area contributed by atoms with Crippen LogP contribution in [0.15, 0.2) is 17.5 Å². The molecule has 78 valence electrons. The van der Waals surface area contributed by atoms with Gasteiger partial charge < -0.3 is 5.32 Å². The summed E-state index contributed by atoms with van der Waals surface area (Å²) in [6, 6.07) is 3.92. The molecule has 1 aromatic heterocycles. The van der Waals surface area contributed by atoms with Crippen molar-refractivity contribution in [1.82, 2.24) is 5.32 Å². The van der Waals surface area contributed by atoms with E-state index in [0.29, 0.717) is 5.92 Å². The minimum atomic E-state index is 0.0261. The van der Waals surface area contributed by atoms with Crippen LogP contribution < -0.4 is 5.32 Å². The highest BCUT2D eigenvalue weighted by Crippen LogP contribution is 2.10. The Hall–Kier alpha value is -0.350. The Labute approximate surface area is 96.8 Å². The van der Waals surface area contributed by atoms with Crippen molar-refractivity contribution >= 4 is 33.2 Å². The molecule has 1 rings (SSSR count). The number of thiophene rings is 1. The number of amides is 1. The average Bonchev–Trinajstić information content (AvgIpc) is 2.65. The Morgan fingerprint density at radius 3 is 2.79 bits per heavy atom. The number of rotatable bonds is 4. The predicted molar refractivity (Wildman–Crippen MR) is 64.2 cm³/mol. The molecule has 1 aromatic rings. The van der Waals surface area contributed by atoms with Crippen LogP contribution in [0.1, 0.15) is 23.5 Å². The monoisotopic (exact) mass is 275 g/mol. The lowest BCUT2D eigenvalue weighted by Gasteiger charge is -2.19. The SMILES string of the molecule is CC(C)C(CBr)NC(=O)c1cccs1. The van der Waals surface area contributed by atoms with E-state index >= 15 is 0 Å². The highest BCUT2D eigenvalue weighted by atomic mass is 79.9. The van der Waals surface area contributed by atoms with Crippen molar-refractivity contribution in [3.63, 3.8) is 0 Å². The highest BCUT2D eigenvalue weighted by molar-refractivity contribution is 9.09. The van der Waals surface area contributed by atoms with Gasteiger partial charge in [-0.1, -0.05) is 35.8 Å². The standard InChI is InChI=1S/C10H14BrNOS/c1-7(2)8(6-11)12-10(13)9-4-3-5-14-9/h3-5,7-8H,6H2,1-2H3,(H,12,13). The van der Waals surface area contributed by atoms with E-state index in [1.807, 2.05) is 17.5 Å². The van der Waals surface area contributed by atoms with Gasteiger partial charge in [-0.3, -0.25) is 4.79 Å². The Morgan fingerprint density at radius 1 is 1.64 bits per heavy atom. The summed E-state index contributed by atoms with van der Waals surface area (Å²) in [4.78, 5) is 12.4. The maximum atomic E-state index is 11.7. The fraction of sp³-hybridized carbons (Fsp3) is 0.500. The van der Waals surface area contributed by atoms with Crippen molar-refractivity contribution in [1.29, 1.82) is 0 Å². The summed E-state index contributed by atoms with van der Waals surface area (Å²) in [6.07, 6.45) is 0. The molecule has 0 aliphatic rings. The predicted octanol–water partition coefficient (Wildman–Crippen LogP) is 2.90. The Morgan fingerprint density at radius 2 is 2.36 bits per heavy atom. The molecule has 1 atom stereocenters. The summed E-state index contributed by atoms with van der Waals surface area (Å²) in [7, 11) is 0. The third-order valence-electron chi connectivity index (χ3n) is 2.03. The van der Waals surface area contributed by atoms with Crippen molar-refractivity contribution < 1.29 is 4.79 Å². The van der Waals surface area contributed by atoms with Crippen molar-refractivity contribution in [3.8, 4) is 0 Å². The van der Waals surface area contributed by atoms with Gasteiger partial charge in [0.15, 0.2) is 0 Å². The van der Waals surface area contributed by atoms with E-state index in [4.69, 9.17) is 0 Å². The molecule has 1 amide bonds. The molecule has 0 saturated heterocycles. The number of hydrogen-bond donors (Lipinski definition) is 1. The molecule has 1 N–H and O–H groups in total. The number of alkyl halides is 1. The Bertz CT molecular complexity index is 284. The summed E-state index contributed by atoms with van der Waals surface area (Å²) in [6.45, 7) is 4.20. The van der Waals surface area contributed by atoms with Crippen LogP contribution in [0.5, 0.6) is 0 Å². The second kappa shape index (κ2) is 5.51. The molecule has 1 unspecified atom stereocenters. The van der Waals surface area contributed by atoms with Crippen LogP contribution in [-0.2, 0) is 0 Å². The molecular formula is C10H14BrNOS. The first-order valence-electron chi connectivity index (χ1n) is 4.55. The molecule has 1 heterocycles. The summed E-state index contributed by atoms with van der Waals surface area (Å²) in [5.41, 5.74) is 0. The molecule has 0 fully saturated rings. The molecule has 14 heavy (non-hydrogen) atoms. The number of carbonyl (C=O) groups is 1. The minimum Gasteiger partial charge on any atom is -0.348 e. The highest BCUT2D eigenvalue weighted by Gasteiger charge is 2.15. The van der Waals surface area contributed by atoms with Gasteiger partial charge in [0.2, 0.25) is 0 Å². The smallest absolute Gasteiger partial charge is 0.261 e. The largest absolute Gasteiger partial charge is 0.348 e. The van der Waals surface area contributed by atoms with E-state index in [1.54, 1.807) is 0 Å². The van der Waals surface area contributed by atoms with Gasteiger partial charge in [0.05, 0.1) is 4.88 Å². The Kier molecular flexibility index (Phi) is 4.62. The first-order chi connectivity index (χ1) is 6.65. The van der Waals surface area contributed by atoms with Gasteiger partial charge >= 0.3 is 0 Å². The molecule has 0 aliphatic heterocycles. The van der Waals surface area contributed by atoms with Crippen LogP contribution >= 0.6 is 27.3 Å². The lowest BCUT2D eigenvalue weighted by atomic mass is 10.1. The van der Waals surface area contributed by atoms with Gasteiger partial charge in [-0.25, -0.2) is 0 Å². The minimum absolute atomic E-state index is 0.0261. The lowest BCUT2D eigenvalue weighted by molar-refractivity contribution is 0.0936. The molecule has 0 radical (unpaired) electrons. The molecule has 0 aliphatic carbocycles. The van der Waals surface area contributed by atoms with Crippen LogP contribution in [0.3, 0.4) is 0 Å². The van der Waals surface area contributed by atoms with Gasteiger partial charge in [-0.05, 0) is 17.4 Å². The first-order valence-corrected chi connectivity index (χ1v) is 6.55. The third-order valence-corrected chi connectivity index (χ3v) is 3.60. The van der Waals surface area contributed by atoms with Gasteiger partial charge in [0.1, 0.15) is 0 Å². The fourth-order valence-corrected chi connectivity index (χ4v) is 2.57. The normalized spacial score (nSPS) is 12.9. The Balaban J connectivity index is 2.56. The van der Waals surface area contributed by atoms with E-state index in [9.17, 15) is 4.79 Å². The summed E-state index contributed by atoms with van der Waals surface area (Å²) in [5, 5.41) is 5.70. The van der Waals surface area contributed by atoms with Gasteiger partial charge in [0, 0.05) is 11.4 Å². The molecule has 0 aromatic carbocycles. The van der Waals surface area contributed by atoms with E-state index < -0.39 is 0 Å². The van der Waals surface area contributed by atoms with Crippen molar-refractivity contribution in [2.75, 3.05) is 5.33 Å². The quantitative estimate of drug-likeness (QED) is 0.842. The zero-order chi connectivity index (χ0) is 10.6. The number of carbonyl (C=O) groups excluding carboxylic acids is 1. The molecule has 0 saturated carbocycles. The van der Waals surface area contributed by atoms with Gasteiger partial charge in [-0.2, -0.15) is 0 Å². The van der Waals surface area contributed by atoms with E-state index in [0.717, 1.165) is 10.2 Å². The number of nitrogens with one attached hydrogen (secondary N) is 1. The second-order valence-electron chi connectivity index (χ2n) is 3.46. The molecule has 2 nitrogen and oxygen atoms in total. The average molecular weight is 276 g/mol. The van der Waals surface area contributed by atoms with Gasteiger partial charge in [0.25, 0.3) is 5.91 Å². The van der Waals surface area contributed by atoms with Crippen LogP contribution in [-0.4, -0.2) is 17.3 Å². The van der Waals surface area contributed by atoms with E-state index in [1.165, 1.54) is 11.3 Å². The summed E-state index contributed by atoms with van der Waals surface area (Å²) >= 11 is 4.86. The van der Waals surface area contributed by atoms with Crippen molar-refractivity contribution in [2.45, 2.75) is 19.9 Å². The van der Waals surface area contributed by atoms with Crippen LogP contribution in [0.4, 0.5) is 0 Å². The summed E-state index contributed by atoms with van der Waals surface area (Å²) < 4.78 is 0. The van der Waals surface area contributed by atoms with Crippen molar-refractivity contribution in [3.05, 3.63) is 22.4 Å². The van der Waals surface area contributed by atoms with Gasteiger partial charge in [-0.15, -0.1) is 11.3 Å². The topological polar surface area (TPSA) is 29.1 Å².